The average molecular weight is 280 g/mol. The van der Waals surface area contributed by atoms with Gasteiger partial charge in [-0.15, -0.1) is 0 Å². The van der Waals surface area contributed by atoms with Crippen LogP contribution in [0.25, 0.3) is 0 Å². The lowest BCUT2D eigenvalue weighted by Crippen LogP contribution is -2.28. The summed E-state index contributed by atoms with van der Waals surface area (Å²) < 4.78 is 0. The van der Waals surface area contributed by atoms with Gasteiger partial charge in [0.25, 0.3) is 5.91 Å². The Labute approximate surface area is 125 Å². The van der Waals surface area contributed by atoms with Gasteiger partial charge in [-0.1, -0.05) is 42.5 Å². The van der Waals surface area contributed by atoms with E-state index in [-0.39, 0.29) is 11.9 Å². The second-order valence-corrected chi connectivity index (χ2v) is 5.48. The zero-order valence-electron chi connectivity index (χ0n) is 12.2. The summed E-state index contributed by atoms with van der Waals surface area (Å²) >= 11 is 0. The SMILES string of the molecule is CC(NC(=O)c1cccc2c1NCCC2)c1ccccc1. The van der Waals surface area contributed by atoms with E-state index in [4.69, 9.17) is 0 Å². The molecule has 1 aliphatic rings. The molecule has 0 saturated carbocycles. The lowest BCUT2D eigenvalue weighted by atomic mass is 9.98. The fourth-order valence-electron chi connectivity index (χ4n) is 2.80. The van der Waals surface area contributed by atoms with Crippen molar-refractivity contribution >= 4 is 11.6 Å². The van der Waals surface area contributed by atoms with E-state index in [0.717, 1.165) is 36.2 Å². The van der Waals surface area contributed by atoms with Crippen molar-refractivity contribution < 1.29 is 4.79 Å². The molecule has 1 unspecified atom stereocenters. The second kappa shape index (κ2) is 6.00. The second-order valence-electron chi connectivity index (χ2n) is 5.48. The van der Waals surface area contributed by atoms with E-state index in [1.54, 1.807) is 0 Å². The summed E-state index contributed by atoms with van der Waals surface area (Å²) in [7, 11) is 0. The highest BCUT2D eigenvalue weighted by Crippen LogP contribution is 2.26. The van der Waals surface area contributed by atoms with Gasteiger partial charge in [-0.2, -0.15) is 0 Å². The molecule has 1 atom stereocenters. The maximum absolute atomic E-state index is 12.5. The Hall–Kier alpha value is -2.29. The van der Waals surface area contributed by atoms with Crippen LogP contribution in [0, 0.1) is 0 Å². The first-order valence-corrected chi connectivity index (χ1v) is 7.47. The first kappa shape index (κ1) is 13.7. The van der Waals surface area contributed by atoms with Crippen molar-refractivity contribution in [1.82, 2.24) is 5.32 Å². The maximum Gasteiger partial charge on any atom is 0.253 e. The summed E-state index contributed by atoms with van der Waals surface area (Å²) in [5, 5.41) is 6.45. The van der Waals surface area contributed by atoms with Crippen LogP contribution in [0.5, 0.6) is 0 Å². The smallest absolute Gasteiger partial charge is 0.253 e. The minimum Gasteiger partial charge on any atom is -0.384 e. The molecule has 1 heterocycles. The van der Waals surface area contributed by atoms with Crippen molar-refractivity contribution in [2.75, 3.05) is 11.9 Å². The number of fused-ring (bicyclic) bond motifs is 1. The van der Waals surface area contributed by atoms with Gasteiger partial charge in [0.05, 0.1) is 17.3 Å². The van der Waals surface area contributed by atoms with Crippen molar-refractivity contribution in [3.8, 4) is 0 Å². The number of anilines is 1. The first-order chi connectivity index (χ1) is 10.3. The molecule has 1 aliphatic heterocycles. The summed E-state index contributed by atoms with van der Waals surface area (Å²) in [6.07, 6.45) is 2.16. The largest absolute Gasteiger partial charge is 0.384 e. The summed E-state index contributed by atoms with van der Waals surface area (Å²) in [6, 6.07) is 16.0. The monoisotopic (exact) mass is 280 g/mol. The van der Waals surface area contributed by atoms with Gasteiger partial charge in [0.1, 0.15) is 0 Å². The number of hydrogen-bond donors (Lipinski definition) is 2. The van der Waals surface area contributed by atoms with E-state index < -0.39 is 0 Å². The quantitative estimate of drug-likeness (QED) is 0.903. The molecular formula is C18H20N2O. The number of hydrogen-bond acceptors (Lipinski definition) is 2. The predicted molar refractivity (Wildman–Crippen MR) is 85.6 cm³/mol. The van der Waals surface area contributed by atoms with Gasteiger partial charge < -0.3 is 10.6 Å². The molecule has 3 rings (SSSR count). The topological polar surface area (TPSA) is 41.1 Å². The molecule has 2 aromatic rings. The fraction of sp³-hybridized carbons (Fsp3) is 0.278. The highest BCUT2D eigenvalue weighted by Gasteiger charge is 2.18. The number of carbonyl (C=O) groups excluding carboxylic acids is 1. The van der Waals surface area contributed by atoms with Crippen LogP contribution in [0.2, 0.25) is 0 Å². The average Bonchev–Trinajstić information content (AvgIpc) is 2.55. The number of aryl methyl sites for hydroxylation is 1. The Balaban J connectivity index is 1.80. The number of nitrogens with one attached hydrogen (secondary N) is 2. The number of rotatable bonds is 3. The molecule has 0 aromatic heterocycles. The minimum absolute atomic E-state index is 0.00172. The van der Waals surface area contributed by atoms with E-state index in [0.29, 0.717) is 0 Å². The molecule has 21 heavy (non-hydrogen) atoms. The Kier molecular flexibility index (Phi) is 3.91. The molecule has 0 saturated heterocycles. The molecule has 0 fully saturated rings. The molecule has 108 valence electrons. The standard InChI is InChI=1S/C18H20N2O/c1-13(14-7-3-2-4-8-14)20-18(21)16-11-5-9-15-10-6-12-19-17(15)16/h2-5,7-9,11,13,19H,6,10,12H2,1H3,(H,20,21). The molecule has 0 spiro atoms. The van der Waals surface area contributed by atoms with Gasteiger partial charge in [-0.05, 0) is 37.0 Å². The number of benzene rings is 2. The van der Waals surface area contributed by atoms with Crippen molar-refractivity contribution in [2.24, 2.45) is 0 Å². The molecule has 1 amide bonds. The third kappa shape index (κ3) is 2.92. The van der Waals surface area contributed by atoms with E-state index in [1.807, 2.05) is 49.4 Å². The Bertz CT molecular complexity index is 637. The highest BCUT2D eigenvalue weighted by molar-refractivity contribution is 6.00. The van der Waals surface area contributed by atoms with Crippen LogP contribution in [0.15, 0.2) is 48.5 Å². The Morgan fingerprint density at radius 2 is 1.95 bits per heavy atom. The van der Waals surface area contributed by atoms with Crippen LogP contribution < -0.4 is 10.6 Å². The molecule has 2 aromatic carbocycles. The summed E-state index contributed by atoms with van der Waals surface area (Å²) in [5.41, 5.74) is 4.10. The summed E-state index contributed by atoms with van der Waals surface area (Å²) in [4.78, 5) is 12.5. The van der Waals surface area contributed by atoms with Gasteiger partial charge >= 0.3 is 0 Å². The highest BCUT2D eigenvalue weighted by atomic mass is 16.1. The van der Waals surface area contributed by atoms with E-state index in [1.165, 1.54) is 5.56 Å². The van der Waals surface area contributed by atoms with E-state index in [2.05, 4.69) is 16.7 Å². The van der Waals surface area contributed by atoms with Crippen LogP contribution in [0.1, 0.15) is 40.9 Å². The van der Waals surface area contributed by atoms with Crippen molar-refractivity contribution in [3.63, 3.8) is 0 Å². The first-order valence-electron chi connectivity index (χ1n) is 7.47. The molecule has 0 radical (unpaired) electrons. The van der Waals surface area contributed by atoms with Crippen LogP contribution in [0.3, 0.4) is 0 Å². The van der Waals surface area contributed by atoms with Gasteiger partial charge in [-0.25, -0.2) is 0 Å². The van der Waals surface area contributed by atoms with E-state index >= 15 is 0 Å². The molecule has 0 bridgehead atoms. The van der Waals surface area contributed by atoms with Gasteiger partial charge in [0.15, 0.2) is 0 Å². The lowest BCUT2D eigenvalue weighted by molar-refractivity contribution is 0.0940. The van der Waals surface area contributed by atoms with Crippen molar-refractivity contribution in [1.29, 1.82) is 0 Å². The Morgan fingerprint density at radius 3 is 2.76 bits per heavy atom. The molecule has 3 nitrogen and oxygen atoms in total. The van der Waals surface area contributed by atoms with Crippen LogP contribution in [-0.4, -0.2) is 12.5 Å². The van der Waals surface area contributed by atoms with Gasteiger partial charge in [0, 0.05) is 6.54 Å². The number of carbonyl (C=O) groups is 1. The van der Waals surface area contributed by atoms with Crippen LogP contribution in [-0.2, 0) is 6.42 Å². The fourth-order valence-corrected chi connectivity index (χ4v) is 2.80. The lowest BCUT2D eigenvalue weighted by Gasteiger charge is -2.22. The Morgan fingerprint density at radius 1 is 1.14 bits per heavy atom. The minimum atomic E-state index is -0.0161. The molecule has 0 aliphatic carbocycles. The van der Waals surface area contributed by atoms with Crippen LogP contribution in [0.4, 0.5) is 5.69 Å². The zero-order valence-corrected chi connectivity index (χ0v) is 12.2. The van der Waals surface area contributed by atoms with Crippen molar-refractivity contribution in [2.45, 2.75) is 25.8 Å². The van der Waals surface area contributed by atoms with Crippen molar-refractivity contribution in [3.05, 3.63) is 65.2 Å². The third-order valence-electron chi connectivity index (χ3n) is 3.97. The third-order valence-corrected chi connectivity index (χ3v) is 3.97. The van der Waals surface area contributed by atoms with Gasteiger partial charge in [0.2, 0.25) is 0 Å². The number of para-hydroxylation sites is 1. The predicted octanol–water partition coefficient (Wildman–Crippen LogP) is 3.54. The molecule has 3 heteroatoms. The zero-order chi connectivity index (χ0) is 14.7. The normalized spacial score (nSPS) is 14.7. The molecule has 2 N–H and O–H groups in total. The van der Waals surface area contributed by atoms with E-state index in [9.17, 15) is 4.79 Å². The number of amides is 1. The maximum atomic E-state index is 12.5. The van der Waals surface area contributed by atoms with Gasteiger partial charge in [-0.3, -0.25) is 4.79 Å². The molecular weight excluding hydrogens is 260 g/mol. The summed E-state index contributed by atoms with van der Waals surface area (Å²) in [5.74, 6) is -0.0161. The van der Waals surface area contributed by atoms with Crippen LogP contribution >= 0.6 is 0 Å². The summed E-state index contributed by atoms with van der Waals surface area (Å²) in [6.45, 7) is 2.95.